The highest BCUT2D eigenvalue weighted by Crippen LogP contribution is 2.27. The average molecular weight is 478 g/mol. The molecule has 2 aromatic rings. The van der Waals surface area contributed by atoms with E-state index in [-0.39, 0.29) is 12.1 Å². The predicted molar refractivity (Wildman–Crippen MR) is 133 cm³/mol. The van der Waals surface area contributed by atoms with Crippen LogP contribution in [0, 0.1) is 11.8 Å². The van der Waals surface area contributed by atoms with Crippen LogP contribution >= 0.6 is 23.2 Å². The van der Waals surface area contributed by atoms with Crippen LogP contribution < -0.4 is 15.4 Å². The van der Waals surface area contributed by atoms with Gasteiger partial charge in [-0.3, -0.25) is 0 Å². The third kappa shape index (κ3) is 7.29. The zero-order valence-corrected chi connectivity index (χ0v) is 20.5. The first-order valence-corrected chi connectivity index (χ1v) is 12.0. The van der Waals surface area contributed by atoms with Crippen LogP contribution in [-0.2, 0) is 6.42 Å². The summed E-state index contributed by atoms with van der Waals surface area (Å²) in [6.45, 7) is 7.21. The zero-order chi connectivity index (χ0) is 23.1. The largest absolute Gasteiger partial charge is 0.497 e. The maximum atomic E-state index is 12.6. The van der Waals surface area contributed by atoms with E-state index in [1.807, 2.05) is 36.4 Å². The molecule has 1 unspecified atom stereocenters. The number of carbonyl (C=O) groups is 1. The van der Waals surface area contributed by atoms with Crippen molar-refractivity contribution in [3.8, 4) is 5.75 Å². The van der Waals surface area contributed by atoms with Crippen molar-refractivity contribution in [1.82, 2.24) is 10.2 Å². The van der Waals surface area contributed by atoms with Crippen molar-refractivity contribution < 1.29 is 9.53 Å². The van der Waals surface area contributed by atoms with Gasteiger partial charge in [0.1, 0.15) is 5.75 Å². The number of likely N-dealkylation sites (tertiary alicyclic amines) is 1. The third-order valence-electron chi connectivity index (χ3n) is 6.12. The van der Waals surface area contributed by atoms with E-state index in [1.54, 1.807) is 7.11 Å². The van der Waals surface area contributed by atoms with Crippen molar-refractivity contribution in [1.29, 1.82) is 0 Å². The Hall–Kier alpha value is -1.95. The first kappa shape index (κ1) is 24.7. The van der Waals surface area contributed by atoms with Gasteiger partial charge in [-0.2, -0.15) is 0 Å². The Morgan fingerprint density at radius 2 is 1.88 bits per heavy atom. The molecular weight excluding hydrogens is 445 g/mol. The standard InChI is InChI=1S/C25H33Cl2N3O2/c1-17(2)24(29-25(31)28-20-5-4-6-21(15-20)32-3)16-30-11-9-18(10-12-30)13-19-7-8-22(26)23(27)14-19/h4-8,14-15,17-18,24H,9-13,16H2,1-3H3,(H2,28,29,31). The SMILES string of the molecule is COc1cccc(NC(=O)NC(CN2CCC(Cc3ccc(Cl)c(Cl)c3)CC2)C(C)C)c1. The lowest BCUT2D eigenvalue weighted by molar-refractivity contribution is 0.157. The Morgan fingerprint density at radius 3 is 2.53 bits per heavy atom. The van der Waals surface area contributed by atoms with Crippen molar-refractivity contribution in [2.75, 3.05) is 32.1 Å². The molecule has 174 valence electrons. The topological polar surface area (TPSA) is 53.6 Å². The number of hydrogen-bond donors (Lipinski definition) is 2. The number of nitrogens with zero attached hydrogens (tertiary/aromatic N) is 1. The molecule has 1 heterocycles. The molecule has 1 fully saturated rings. The van der Waals surface area contributed by atoms with Crippen LogP contribution in [0.4, 0.5) is 10.5 Å². The number of ether oxygens (including phenoxy) is 1. The molecule has 2 aromatic carbocycles. The molecule has 0 aliphatic carbocycles. The molecule has 2 amide bonds. The molecule has 1 atom stereocenters. The minimum Gasteiger partial charge on any atom is -0.497 e. The van der Waals surface area contributed by atoms with Gasteiger partial charge in [-0.05, 0) is 74.0 Å². The minimum atomic E-state index is -0.188. The molecule has 5 nitrogen and oxygen atoms in total. The van der Waals surface area contributed by atoms with Gasteiger partial charge in [0.2, 0.25) is 0 Å². The van der Waals surface area contributed by atoms with Gasteiger partial charge in [0.25, 0.3) is 0 Å². The number of hydrogen-bond acceptors (Lipinski definition) is 3. The van der Waals surface area contributed by atoms with Gasteiger partial charge in [-0.1, -0.05) is 49.2 Å². The number of carbonyl (C=O) groups excluding carboxylic acids is 1. The van der Waals surface area contributed by atoms with Crippen LogP contribution in [0.15, 0.2) is 42.5 Å². The molecule has 7 heteroatoms. The Morgan fingerprint density at radius 1 is 1.12 bits per heavy atom. The van der Waals surface area contributed by atoms with E-state index in [0.29, 0.717) is 33.3 Å². The molecule has 0 saturated carbocycles. The molecule has 0 aromatic heterocycles. The molecule has 0 bridgehead atoms. The normalized spacial score (nSPS) is 16.1. The first-order chi connectivity index (χ1) is 15.3. The quantitative estimate of drug-likeness (QED) is 0.482. The average Bonchev–Trinajstić information content (AvgIpc) is 2.77. The van der Waals surface area contributed by atoms with Crippen LogP contribution in [0.1, 0.15) is 32.3 Å². The lowest BCUT2D eigenvalue weighted by Crippen LogP contribution is -2.49. The molecular formula is C25H33Cl2N3O2. The monoisotopic (exact) mass is 477 g/mol. The second-order valence-electron chi connectivity index (χ2n) is 8.88. The van der Waals surface area contributed by atoms with Crippen molar-refractivity contribution in [2.45, 2.75) is 39.2 Å². The van der Waals surface area contributed by atoms with Gasteiger partial charge in [0.15, 0.2) is 0 Å². The number of benzene rings is 2. The molecule has 2 N–H and O–H groups in total. The Bertz CT molecular complexity index is 899. The lowest BCUT2D eigenvalue weighted by atomic mass is 9.89. The summed E-state index contributed by atoms with van der Waals surface area (Å²) in [5.74, 6) is 1.69. The Kier molecular flexibility index (Phi) is 9.09. The summed E-state index contributed by atoms with van der Waals surface area (Å²) in [6, 6.07) is 13.2. The van der Waals surface area contributed by atoms with Crippen LogP contribution in [-0.4, -0.2) is 43.7 Å². The number of methoxy groups -OCH3 is 1. The summed E-state index contributed by atoms with van der Waals surface area (Å²) >= 11 is 12.2. The van der Waals surface area contributed by atoms with Crippen LogP contribution in [0.25, 0.3) is 0 Å². The highest BCUT2D eigenvalue weighted by Gasteiger charge is 2.24. The molecule has 0 spiro atoms. The van der Waals surface area contributed by atoms with E-state index in [2.05, 4.69) is 35.4 Å². The third-order valence-corrected chi connectivity index (χ3v) is 6.86. The van der Waals surface area contributed by atoms with Gasteiger partial charge < -0.3 is 20.3 Å². The number of piperidine rings is 1. The maximum absolute atomic E-state index is 12.6. The van der Waals surface area contributed by atoms with Crippen LogP contribution in [0.5, 0.6) is 5.75 Å². The highest BCUT2D eigenvalue weighted by molar-refractivity contribution is 6.42. The number of anilines is 1. The molecule has 3 rings (SSSR count). The zero-order valence-electron chi connectivity index (χ0n) is 19.0. The Balaban J connectivity index is 1.47. The fraction of sp³-hybridized carbons (Fsp3) is 0.480. The molecule has 1 aliphatic heterocycles. The van der Waals surface area contributed by atoms with E-state index in [1.165, 1.54) is 5.56 Å². The Labute approximate surface area is 201 Å². The fourth-order valence-electron chi connectivity index (χ4n) is 4.11. The van der Waals surface area contributed by atoms with Crippen molar-refractivity contribution in [3.05, 3.63) is 58.1 Å². The summed E-state index contributed by atoms with van der Waals surface area (Å²) in [6.07, 6.45) is 3.31. The molecule has 1 aliphatic rings. The van der Waals surface area contributed by atoms with Crippen molar-refractivity contribution in [3.63, 3.8) is 0 Å². The van der Waals surface area contributed by atoms with Gasteiger partial charge in [-0.25, -0.2) is 4.79 Å². The number of urea groups is 1. The summed E-state index contributed by atoms with van der Waals surface area (Å²) < 4.78 is 5.22. The minimum absolute atomic E-state index is 0.0761. The number of rotatable bonds is 8. The van der Waals surface area contributed by atoms with E-state index in [0.717, 1.165) is 38.9 Å². The van der Waals surface area contributed by atoms with E-state index in [4.69, 9.17) is 27.9 Å². The second kappa shape index (κ2) is 11.8. The van der Waals surface area contributed by atoms with Gasteiger partial charge in [-0.15, -0.1) is 0 Å². The van der Waals surface area contributed by atoms with Gasteiger partial charge >= 0.3 is 6.03 Å². The molecule has 32 heavy (non-hydrogen) atoms. The summed E-state index contributed by atoms with van der Waals surface area (Å²) in [4.78, 5) is 15.0. The van der Waals surface area contributed by atoms with E-state index in [9.17, 15) is 4.79 Å². The van der Waals surface area contributed by atoms with E-state index >= 15 is 0 Å². The van der Waals surface area contributed by atoms with Gasteiger partial charge in [0, 0.05) is 24.3 Å². The number of nitrogens with one attached hydrogen (secondary N) is 2. The smallest absolute Gasteiger partial charge is 0.319 e. The fourth-order valence-corrected chi connectivity index (χ4v) is 4.43. The summed E-state index contributed by atoms with van der Waals surface area (Å²) in [5.41, 5.74) is 1.96. The lowest BCUT2D eigenvalue weighted by Gasteiger charge is -2.35. The number of amides is 2. The van der Waals surface area contributed by atoms with E-state index < -0.39 is 0 Å². The van der Waals surface area contributed by atoms with Crippen molar-refractivity contribution in [2.24, 2.45) is 11.8 Å². The van der Waals surface area contributed by atoms with Crippen LogP contribution in [0.3, 0.4) is 0 Å². The molecule has 1 saturated heterocycles. The van der Waals surface area contributed by atoms with Crippen molar-refractivity contribution >= 4 is 34.9 Å². The maximum Gasteiger partial charge on any atom is 0.319 e. The summed E-state index contributed by atoms with van der Waals surface area (Å²) in [7, 11) is 1.61. The predicted octanol–water partition coefficient (Wildman–Crippen LogP) is 6.10. The highest BCUT2D eigenvalue weighted by atomic mass is 35.5. The second-order valence-corrected chi connectivity index (χ2v) is 9.69. The molecule has 0 radical (unpaired) electrons. The summed E-state index contributed by atoms with van der Waals surface area (Å²) in [5, 5.41) is 7.30. The first-order valence-electron chi connectivity index (χ1n) is 11.2. The number of halogens is 2. The van der Waals surface area contributed by atoms with Crippen LogP contribution in [0.2, 0.25) is 10.0 Å². The van der Waals surface area contributed by atoms with Gasteiger partial charge in [0.05, 0.1) is 17.2 Å².